The van der Waals surface area contributed by atoms with Gasteiger partial charge in [0.15, 0.2) is 11.5 Å². The molecule has 9 heteroatoms. The Kier molecular flexibility index (Phi) is 7.88. The maximum atomic E-state index is 12.9. The predicted octanol–water partition coefficient (Wildman–Crippen LogP) is 3.63. The Morgan fingerprint density at radius 3 is 2.59 bits per heavy atom. The summed E-state index contributed by atoms with van der Waals surface area (Å²) in [5.74, 6) is 0.0619. The molecule has 0 aliphatic carbocycles. The normalized spacial score (nSPS) is 14.7. The van der Waals surface area contributed by atoms with Gasteiger partial charge in [-0.3, -0.25) is 19.3 Å². The Bertz CT molecular complexity index is 1040. The second-order valence-corrected chi connectivity index (χ2v) is 7.82. The lowest BCUT2D eigenvalue weighted by Crippen LogP contribution is -2.37. The molecule has 32 heavy (non-hydrogen) atoms. The smallest absolute Gasteiger partial charge is 0.293 e. The van der Waals surface area contributed by atoms with Crippen LogP contribution in [0.1, 0.15) is 18.1 Å². The van der Waals surface area contributed by atoms with E-state index >= 15 is 0 Å². The number of nitrogens with one attached hydrogen (secondary N) is 1. The minimum Gasteiger partial charge on any atom is -0.493 e. The van der Waals surface area contributed by atoms with Crippen LogP contribution in [0.15, 0.2) is 47.4 Å². The monoisotopic (exact) mass is 458 g/mol. The van der Waals surface area contributed by atoms with E-state index in [9.17, 15) is 18.8 Å². The van der Waals surface area contributed by atoms with Gasteiger partial charge in [0.2, 0.25) is 5.91 Å². The number of halogens is 1. The zero-order valence-corrected chi connectivity index (χ0v) is 18.5. The van der Waals surface area contributed by atoms with E-state index in [0.29, 0.717) is 34.1 Å². The van der Waals surface area contributed by atoms with Crippen molar-refractivity contribution in [1.29, 1.82) is 0 Å². The molecule has 3 rings (SSSR count). The summed E-state index contributed by atoms with van der Waals surface area (Å²) in [6.45, 7) is 2.55. The molecule has 1 fully saturated rings. The quantitative estimate of drug-likeness (QED) is 0.578. The lowest BCUT2D eigenvalue weighted by Gasteiger charge is -2.13. The number of benzene rings is 2. The molecular formula is C23H23FN2O5S. The molecule has 0 aromatic heterocycles. The second-order valence-electron chi connectivity index (χ2n) is 6.83. The van der Waals surface area contributed by atoms with Gasteiger partial charge in [-0.1, -0.05) is 18.2 Å². The van der Waals surface area contributed by atoms with Gasteiger partial charge in [-0.15, -0.1) is 0 Å². The maximum Gasteiger partial charge on any atom is 0.293 e. The highest BCUT2D eigenvalue weighted by atomic mass is 32.2. The van der Waals surface area contributed by atoms with Gasteiger partial charge in [0.05, 0.1) is 25.0 Å². The van der Waals surface area contributed by atoms with Crippen LogP contribution in [0.25, 0.3) is 6.08 Å². The van der Waals surface area contributed by atoms with E-state index < -0.39 is 11.1 Å². The van der Waals surface area contributed by atoms with Gasteiger partial charge in [-0.2, -0.15) is 0 Å². The first-order chi connectivity index (χ1) is 15.4. The van der Waals surface area contributed by atoms with Crippen LogP contribution in [0.3, 0.4) is 0 Å². The van der Waals surface area contributed by atoms with Crippen molar-refractivity contribution in [3.63, 3.8) is 0 Å². The van der Waals surface area contributed by atoms with Crippen molar-refractivity contribution >= 4 is 34.9 Å². The number of nitrogens with zero attached hydrogens (tertiary/aromatic N) is 1. The van der Waals surface area contributed by atoms with Crippen molar-refractivity contribution in [3.8, 4) is 11.5 Å². The molecule has 0 spiro atoms. The first kappa shape index (κ1) is 23.3. The Labute approximate surface area is 189 Å². The summed E-state index contributed by atoms with van der Waals surface area (Å²) in [5.41, 5.74) is 1.37. The van der Waals surface area contributed by atoms with Crippen LogP contribution in [0, 0.1) is 5.82 Å². The van der Waals surface area contributed by atoms with Gasteiger partial charge in [0.25, 0.3) is 11.1 Å². The van der Waals surface area contributed by atoms with Crippen LogP contribution in [-0.4, -0.2) is 48.8 Å². The van der Waals surface area contributed by atoms with Crippen molar-refractivity contribution in [2.75, 3.05) is 26.8 Å². The van der Waals surface area contributed by atoms with Gasteiger partial charge in [0.1, 0.15) is 5.82 Å². The van der Waals surface area contributed by atoms with E-state index in [1.54, 1.807) is 24.3 Å². The van der Waals surface area contributed by atoms with Crippen molar-refractivity contribution in [1.82, 2.24) is 10.2 Å². The first-order valence-electron chi connectivity index (χ1n) is 9.98. The summed E-state index contributed by atoms with van der Waals surface area (Å²) in [6, 6.07) is 10.9. The molecule has 0 radical (unpaired) electrons. The van der Waals surface area contributed by atoms with E-state index in [0.717, 1.165) is 16.7 Å². The molecule has 1 saturated heterocycles. The highest BCUT2D eigenvalue weighted by molar-refractivity contribution is 8.18. The molecule has 1 aliphatic rings. The summed E-state index contributed by atoms with van der Waals surface area (Å²) in [6.07, 6.45) is 1.71. The van der Waals surface area contributed by atoms with Gasteiger partial charge < -0.3 is 14.8 Å². The summed E-state index contributed by atoms with van der Waals surface area (Å²) in [4.78, 5) is 38.4. The van der Waals surface area contributed by atoms with Crippen molar-refractivity contribution < 1.29 is 28.2 Å². The summed E-state index contributed by atoms with van der Waals surface area (Å²) in [5, 5.41) is 2.28. The fraction of sp³-hybridized carbons (Fsp3) is 0.261. The SMILES string of the molecule is CCOc1ccc(C=C2SC(=O)N(CCNC(=O)Cc3ccc(F)cc3)C2=O)cc1OC. The molecule has 0 saturated carbocycles. The molecule has 168 valence electrons. The largest absolute Gasteiger partial charge is 0.493 e. The highest BCUT2D eigenvalue weighted by Crippen LogP contribution is 2.34. The number of imide groups is 1. The minimum atomic E-state index is -0.416. The average Bonchev–Trinajstić information content (AvgIpc) is 3.04. The zero-order valence-electron chi connectivity index (χ0n) is 17.7. The van der Waals surface area contributed by atoms with Gasteiger partial charge in [0, 0.05) is 13.1 Å². The topological polar surface area (TPSA) is 84.9 Å². The van der Waals surface area contributed by atoms with Crippen LogP contribution >= 0.6 is 11.8 Å². The third-order valence-corrected chi connectivity index (χ3v) is 5.50. The van der Waals surface area contributed by atoms with Crippen LogP contribution in [0.4, 0.5) is 9.18 Å². The number of rotatable bonds is 9. The third kappa shape index (κ3) is 5.88. The summed E-state index contributed by atoms with van der Waals surface area (Å²) < 4.78 is 23.7. The number of amides is 3. The van der Waals surface area contributed by atoms with Crippen LogP contribution in [0.5, 0.6) is 11.5 Å². The molecule has 7 nitrogen and oxygen atoms in total. The molecule has 2 aromatic rings. The second kappa shape index (κ2) is 10.8. The van der Waals surface area contributed by atoms with Crippen LogP contribution in [0.2, 0.25) is 0 Å². The molecule has 0 atom stereocenters. The highest BCUT2D eigenvalue weighted by Gasteiger charge is 2.34. The number of methoxy groups -OCH3 is 1. The fourth-order valence-corrected chi connectivity index (χ4v) is 3.92. The van der Waals surface area contributed by atoms with E-state index in [1.807, 2.05) is 6.92 Å². The Balaban J connectivity index is 1.57. The molecule has 0 unspecified atom stereocenters. The van der Waals surface area contributed by atoms with Crippen LogP contribution < -0.4 is 14.8 Å². The number of carbonyl (C=O) groups is 3. The number of carbonyl (C=O) groups excluding carboxylic acids is 3. The van der Waals surface area contributed by atoms with E-state index in [-0.39, 0.29) is 31.2 Å². The molecule has 1 aliphatic heterocycles. The minimum absolute atomic E-state index is 0.0593. The number of hydrogen-bond donors (Lipinski definition) is 1. The molecule has 3 amide bonds. The number of ether oxygens (including phenoxy) is 2. The summed E-state index contributed by atoms with van der Waals surface area (Å²) in [7, 11) is 1.53. The van der Waals surface area contributed by atoms with E-state index in [1.165, 1.54) is 31.4 Å². The van der Waals surface area contributed by atoms with Gasteiger partial charge >= 0.3 is 0 Å². The Morgan fingerprint density at radius 1 is 1.16 bits per heavy atom. The Morgan fingerprint density at radius 2 is 1.91 bits per heavy atom. The van der Waals surface area contributed by atoms with E-state index in [4.69, 9.17) is 9.47 Å². The molecule has 1 N–H and O–H groups in total. The van der Waals surface area contributed by atoms with Crippen molar-refractivity contribution in [2.45, 2.75) is 13.3 Å². The molecule has 2 aromatic carbocycles. The lowest BCUT2D eigenvalue weighted by atomic mass is 10.1. The first-order valence-corrected chi connectivity index (χ1v) is 10.8. The van der Waals surface area contributed by atoms with Crippen LogP contribution in [-0.2, 0) is 16.0 Å². The molecular weight excluding hydrogens is 435 g/mol. The Hall–Kier alpha value is -3.33. The predicted molar refractivity (Wildman–Crippen MR) is 120 cm³/mol. The zero-order chi connectivity index (χ0) is 23.1. The summed E-state index contributed by atoms with van der Waals surface area (Å²) >= 11 is 0.846. The number of hydrogen-bond acceptors (Lipinski definition) is 6. The maximum absolute atomic E-state index is 12.9. The van der Waals surface area contributed by atoms with Crippen molar-refractivity contribution in [2.24, 2.45) is 0 Å². The average molecular weight is 459 g/mol. The van der Waals surface area contributed by atoms with E-state index in [2.05, 4.69) is 5.32 Å². The standard InChI is InChI=1S/C23H23FN2O5S/c1-3-31-18-9-6-16(12-19(18)30-2)13-20-22(28)26(23(29)32-20)11-10-25-21(27)14-15-4-7-17(24)8-5-15/h4-9,12-13H,3,10-11,14H2,1-2H3,(H,25,27). The van der Waals surface area contributed by atoms with Gasteiger partial charge in [-0.05, 0) is 60.2 Å². The fourth-order valence-electron chi connectivity index (χ4n) is 3.05. The van der Waals surface area contributed by atoms with Crippen molar-refractivity contribution in [3.05, 3.63) is 64.3 Å². The molecule has 1 heterocycles. The lowest BCUT2D eigenvalue weighted by molar-refractivity contribution is -0.124. The number of thioether (sulfide) groups is 1. The van der Waals surface area contributed by atoms with Gasteiger partial charge in [-0.25, -0.2) is 4.39 Å². The third-order valence-electron chi connectivity index (χ3n) is 4.59. The molecule has 0 bridgehead atoms.